The first-order chi connectivity index (χ1) is 13.3. The van der Waals surface area contributed by atoms with Crippen molar-refractivity contribution in [3.63, 3.8) is 0 Å². The van der Waals surface area contributed by atoms with Gasteiger partial charge in [0.25, 0.3) is 5.91 Å². The third-order valence-electron chi connectivity index (χ3n) is 3.85. The van der Waals surface area contributed by atoms with Crippen molar-refractivity contribution in [2.75, 3.05) is 5.32 Å². The van der Waals surface area contributed by atoms with E-state index in [1.807, 2.05) is 30.3 Å². The molecule has 0 atom stereocenters. The number of anilines is 1. The topological polar surface area (TPSA) is 69.0 Å². The molecule has 0 aliphatic heterocycles. The number of amides is 1. The number of benzene rings is 2. The van der Waals surface area contributed by atoms with E-state index in [0.717, 1.165) is 5.75 Å². The van der Waals surface area contributed by atoms with E-state index in [1.165, 1.54) is 0 Å². The first-order valence-corrected chi connectivity index (χ1v) is 8.39. The summed E-state index contributed by atoms with van der Waals surface area (Å²) < 4.78 is 7.35. The summed E-state index contributed by atoms with van der Waals surface area (Å²) in [6.45, 7) is 0. The average Bonchev–Trinajstić information content (AvgIpc) is 3.24. The summed E-state index contributed by atoms with van der Waals surface area (Å²) in [5.74, 6) is 1.73. The van der Waals surface area contributed by atoms with Gasteiger partial charge >= 0.3 is 0 Å². The van der Waals surface area contributed by atoms with Crippen LogP contribution in [0.25, 0.3) is 5.82 Å². The third-order valence-corrected chi connectivity index (χ3v) is 3.85. The predicted molar refractivity (Wildman–Crippen MR) is 102 cm³/mol. The Morgan fingerprint density at radius 1 is 0.852 bits per heavy atom. The second-order valence-electron chi connectivity index (χ2n) is 5.72. The minimum Gasteiger partial charge on any atom is -0.457 e. The number of ether oxygens (including phenoxy) is 1. The van der Waals surface area contributed by atoms with Crippen LogP contribution in [0.1, 0.15) is 10.4 Å². The standard InChI is InChI=1S/C21H16N4O2/c26-21(24-19-8-4-13-22-20(19)25-15-5-14-23-25)16-9-11-18(12-10-16)27-17-6-2-1-3-7-17/h1-15H,(H,24,26). The summed E-state index contributed by atoms with van der Waals surface area (Å²) in [6.07, 6.45) is 5.09. The van der Waals surface area contributed by atoms with Crippen molar-refractivity contribution in [2.45, 2.75) is 0 Å². The van der Waals surface area contributed by atoms with Gasteiger partial charge in [0, 0.05) is 24.2 Å². The Labute approximate surface area is 156 Å². The average molecular weight is 356 g/mol. The van der Waals surface area contributed by atoms with Gasteiger partial charge in [0.15, 0.2) is 5.82 Å². The van der Waals surface area contributed by atoms with Crippen LogP contribution < -0.4 is 10.1 Å². The van der Waals surface area contributed by atoms with E-state index in [9.17, 15) is 4.79 Å². The lowest BCUT2D eigenvalue weighted by molar-refractivity contribution is 0.102. The fourth-order valence-electron chi connectivity index (χ4n) is 2.56. The minimum atomic E-state index is -0.234. The Balaban J connectivity index is 1.49. The van der Waals surface area contributed by atoms with Gasteiger partial charge in [-0.1, -0.05) is 18.2 Å². The van der Waals surface area contributed by atoms with Crippen LogP contribution in [-0.2, 0) is 0 Å². The van der Waals surface area contributed by atoms with Gasteiger partial charge in [-0.25, -0.2) is 9.67 Å². The van der Waals surface area contributed by atoms with Crippen LogP contribution in [0.2, 0.25) is 0 Å². The molecule has 4 rings (SSSR count). The summed E-state index contributed by atoms with van der Waals surface area (Å²) in [4.78, 5) is 16.9. The second kappa shape index (κ2) is 7.53. The number of nitrogens with zero attached hydrogens (tertiary/aromatic N) is 3. The Hall–Kier alpha value is -3.93. The van der Waals surface area contributed by atoms with Crippen LogP contribution in [-0.4, -0.2) is 20.7 Å². The molecule has 0 saturated carbocycles. The number of rotatable bonds is 5. The molecule has 1 amide bonds. The molecule has 27 heavy (non-hydrogen) atoms. The van der Waals surface area contributed by atoms with Gasteiger partial charge in [-0.2, -0.15) is 5.10 Å². The van der Waals surface area contributed by atoms with Crippen LogP contribution >= 0.6 is 0 Å². The molecule has 0 aliphatic carbocycles. The minimum absolute atomic E-state index is 0.234. The normalized spacial score (nSPS) is 10.4. The first-order valence-electron chi connectivity index (χ1n) is 8.39. The molecule has 0 aliphatic rings. The van der Waals surface area contributed by atoms with Crippen LogP contribution in [0.3, 0.4) is 0 Å². The van der Waals surface area contributed by atoms with Gasteiger partial charge < -0.3 is 10.1 Å². The number of pyridine rings is 1. The van der Waals surface area contributed by atoms with Crippen molar-refractivity contribution < 1.29 is 9.53 Å². The lowest BCUT2D eigenvalue weighted by Gasteiger charge is -2.10. The number of carbonyl (C=O) groups is 1. The van der Waals surface area contributed by atoms with Crippen molar-refractivity contribution >= 4 is 11.6 Å². The molecule has 6 heteroatoms. The fraction of sp³-hybridized carbons (Fsp3) is 0. The van der Waals surface area contributed by atoms with Gasteiger partial charge in [-0.3, -0.25) is 4.79 Å². The molecular formula is C21H16N4O2. The highest BCUT2D eigenvalue weighted by Gasteiger charge is 2.11. The van der Waals surface area contributed by atoms with Crippen molar-refractivity contribution in [3.05, 3.63) is 97.0 Å². The van der Waals surface area contributed by atoms with Crippen LogP contribution in [0.15, 0.2) is 91.4 Å². The van der Waals surface area contributed by atoms with Crippen molar-refractivity contribution in [1.29, 1.82) is 0 Å². The van der Waals surface area contributed by atoms with E-state index < -0.39 is 0 Å². The van der Waals surface area contributed by atoms with E-state index in [2.05, 4.69) is 15.4 Å². The summed E-state index contributed by atoms with van der Waals surface area (Å²) >= 11 is 0. The largest absolute Gasteiger partial charge is 0.457 e. The maximum absolute atomic E-state index is 12.6. The SMILES string of the molecule is O=C(Nc1cccnc1-n1cccn1)c1ccc(Oc2ccccc2)cc1. The highest BCUT2D eigenvalue weighted by Crippen LogP contribution is 2.22. The molecule has 0 radical (unpaired) electrons. The Morgan fingerprint density at radius 2 is 1.63 bits per heavy atom. The lowest BCUT2D eigenvalue weighted by Crippen LogP contribution is -2.14. The molecular weight excluding hydrogens is 340 g/mol. The first kappa shape index (κ1) is 16.5. The highest BCUT2D eigenvalue weighted by molar-refractivity contribution is 6.05. The zero-order valence-corrected chi connectivity index (χ0v) is 14.3. The van der Waals surface area contributed by atoms with E-state index in [4.69, 9.17) is 4.74 Å². The molecule has 132 valence electrons. The molecule has 2 heterocycles. The highest BCUT2D eigenvalue weighted by atomic mass is 16.5. The maximum atomic E-state index is 12.6. The van der Waals surface area contributed by atoms with Crippen molar-refractivity contribution in [2.24, 2.45) is 0 Å². The number of hydrogen-bond donors (Lipinski definition) is 1. The maximum Gasteiger partial charge on any atom is 0.255 e. The Kier molecular flexibility index (Phi) is 4.61. The molecule has 1 N–H and O–H groups in total. The molecule has 0 saturated heterocycles. The zero-order chi connectivity index (χ0) is 18.5. The molecule has 0 fully saturated rings. The molecule has 4 aromatic rings. The van der Waals surface area contributed by atoms with Crippen LogP contribution in [0, 0.1) is 0 Å². The smallest absolute Gasteiger partial charge is 0.255 e. The van der Waals surface area contributed by atoms with Gasteiger partial charge in [0.1, 0.15) is 11.5 Å². The molecule has 2 aromatic heterocycles. The van der Waals surface area contributed by atoms with Gasteiger partial charge in [-0.05, 0) is 54.6 Å². The van der Waals surface area contributed by atoms with E-state index in [1.54, 1.807) is 65.7 Å². The number of hydrogen-bond acceptors (Lipinski definition) is 4. The van der Waals surface area contributed by atoms with Gasteiger partial charge in [0.05, 0.1) is 5.69 Å². The number of nitrogens with one attached hydrogen (secondary N) is 1. The molecule has 6 nitrogen and oxygen atoms in total. The third kappa shape index (κ3) is 3.85. The molecule has 2 aromatic carbocycles. The van der Waals surface area contributed by atoms with E-state index >= 15 is 0 Å². The number of carbonyl (C=O) groups excluding carboxylic acids is 1. The quantitative estimate of drug-likeness (QED) is 0.578. The molecule has 0 bridgehead atoms. The summed E-state index contributed by atoms with van der Waals surface area (Å²) in [7, 11) is 0. The molecule has 0 unspecified atom stereocenters. The number of para-hydroxylation sites is 1. The van der Waals surface area contributed by atoms with E-state index in [-0.39, 0.29) is 5.91 Å². The predicted octanol–water partition coefficient (Wildman–Crippen LogP) is 4.31. The van der Waals surface area contributed by atoms with Crippen molar-refractivity contribution in [3.8, 4) is 17.3 Å². The number of aromatic nitrogens is 3. The molecule has 0 spiro atoms. The summed E-state index contributed by atoms with van der Waals surface area (Å²) in [6, 6.07) is 21.8. The Morgan fingerprint density at radius 3 is 2.37 bits per heavy atom. The second-order valence-corrected chi connectivity index (χ2v) is 5.72. The fourth-order valence-corrected chi connectivity index (χ4v) is 2.56. The van der Waals surface area contributed by atoms with E-state index in [0.29, 0.717) is 22.8 Å². The van der Waals surface area contributed by atoms with Gasteiger partial charge in [-0.15, -0.1) is 0 Å². The summed E-state index contributed by atoms with van der Waals surface area (Å²) in [5, 5.41) is 7.05. The van der Waals surface area contributed by atoms with Gasteiger partial charge in [0.2, 0.25) is 0 Å². The van der Waals surface area contributed by atoms with Crippen LogP contribution in [0.5, 0.6) is 11.5 Å². The monoisotopic (exact) mass is 356 g/mol. The van der Waals surface area contributed by atoms with Crippen LogP contribution in [0.4, 0.5) is 5.69 Å². The zero-order valence-electron chi connectivity index (χ0n) is 14.3. The summed E-state index contributed by atoms with van der Waals surface area (Å²) in [5.41, 5.74) is 1.10. The Bertz CT molecular complexity index is 1030. The van der Waals surface area contributed by atoms with Crippen molar-refractivity contribution in [1.82, 2.24) is 14.8 Å². The lowest BCUT2D eigenvalue weighted by atomic mass is 10.2.